The molecule has 0 aliphatic carbocycles. The van der Waals surface area contributed by atoms with Gasteiger partial charge in [-0.1, -0.05) is 6.92 Å². The van der Waals surface area contributed by atoms with Crippen molar-refractivity contribution >= 4 is 17.6 Å². The van der Waals surface area contributed by atoms with Crippen LogP contribution in [-0.4, -0.2) is 87.1 Å². The van der Waals surface area contributed by atoms with Crippen LogP contribution in [0, 0.1) is 0 Å². The van der Waals surface area contributed by atoms with Crippen LogP contribution in [-0.2, 0) is 4.74 Å². The molecule has 6 atom stereocenters. The van der Waals surface area contributed by atoms with E-state index in [1.54, 1.807) is 6.92 Å². The molecule has 0 radical (unpaired) electrons. The molecule has 0 spiro atoms. The molecule has 2 unspecified atom stereocenters. The summed E-state index contributed by atoms with van der Waals surface area (Å²) in [6, 6.07) is -0.795. The molecule has 5 N–H and O–H groups in total. The Morgan fingerprint density at radius 1 is 1.32 bits per heavy atom. The summed E-state index contributed by atoms with van der Waals surface area (Å²) in [5, 5.41) is 41.6. The number of aliphatic hydroxyl groups excluding tert-OH is 4. The molecule has 0 bridgehead atoms. The second kappa shape index (κ2) is 8.85. The summed E-state index contributed by atoms with van der Waals surface area (Å²) in [7, 11) is 0. The molecule has 0 aromatic carbocycles. The number of ether oxygens (including phenoxy) is 1. The van der Waals surface area contributed by atoms with Crippen LogP contribution in [0.15, 0.2) is 0 Å². The van der Waals surface area contributed by atoms with Crippen molar-refractivity contribution in [2.75, 3.05) is 19.0 Å². The van der Waals surface area contributed by atoms with Gasteiger partial charge < -0.3 is 30.5 Å². The van der Waals surface area contributed by atoms with E-state index in [0.717, 1.165) is 0 Å². The number of aliphatic hydroxyl groups is 4. The van der Waals surface area contributed by atoms with E-state index >= 15 is 0 Å². The molecule has 0 saturated carbocycles. The predicted octanol–water partition coefficient (Wildman–Crippen LogP) is -1.16. The number of alkyl halides is 1. The number of halogens is 1. The number of hydrogen-bond donors (Lipinski definition) is 5. The fourth-order valence-corrected chi connectivity index (χ4v) is 2.42. The molecule has 0 aromatic heterocycles. The van der Waals surface area contributed by atoms with Gasteiger partial charge in [0.25, 0.3) is 0 Å². The Morgan fingerprint density at radius 3 is 2.45 bits per heavy atom. The number of carbonyl (C=O) groups excluding carboxylic acids is 1. The summed E-state index contributed by atoms with van der Waals surface area (Å²) in [4.78, 5) is 13.5. The second-order valence-electron chi connectivity index (χ2n) is 5.30. The average molecular weight is 341 g/mol. The first-order chi connectivity index (χ1) is 10.4. The maximum absolute atomic E-state index is 12.3. The number of nitrogens with one attached hydrogen (secondary N) is 1. The molecule has 0 aromatic rings. The van der Waals surface area contributed by atoms with Crippen LogP contribution < -0.4 is 5.32 Å². The van der Waals surface area contributed by atoms with Gasteiger partial charge in [-0.25, -0.2) is 4.79 Å². The third kappa shape index (κ3) is 4.21. The van der Waals surface area contributed by atoms with Crippen molar-refractivity contribution in [1.82, 2.24) is 10.2 Å². The van der Waals surface area contributed by atoms with E-state index in [1.807, 2.05) is 6.92 Å². The first kappa shape index (κ1) is 19.4. The van der Waals surface area contributed by atoms with Crippen molar-refractivity contribution in [3.05, 3.63) is 0 Å². The average Bonchev–Trinajstić information content (AvgIpc) is 2.52. The summed E-state index contributed by atoms with van der Waals surface area (Å²) < 4.78 is 5.44. The normalized spacial score (nSPS) is 33.3. The highest BCUT2D eigenvalue weighted by atomic mass is 35.5. The van der Waals surface area contributed by atoms with E-state index in [2.05, 4.69) is 5.32 Å². The highest BCUT2D eigenvalue weighted by Crippen LogP contribution is 2.25. The van der Waals surface area contributed by atoms with Crippen LogP contribution in [0.3, 0.4) is 0 Å². The molecule has 1 fully saturated rings. The number of carbonyl (C=O) groups is 1. The number of urea groups is 1. The fraction of sp³-hybridized carbons (Fsp3) is 0.923. The van der Waals surface area contributed by atoms with Crippen molar-refractivity contribution in [2.24, 2.45) is 0 Å². The molecule has 22 heavy (non-hydrogen) atoms. The van der Waals surface area contributed by atoms with Gasteiger partial charge in [-0.2, -0.15) is 0 Å². The molecule has 8 nitrogen and oxygen atoms in total. The molecule has 130 valence electrons. The van der Waals surface area contributed by atoms with Crippen LogP contribution in [0.1, 0.15) is 20.3 Å². The van der Waals surface area contributed by atoms with Crippen LogP contribution in [0.2, 0.25) is 0 Å². The molecule has 1 heterocycles. The zero-order valence-electron chi connectivity index (χ0n) is 12.7. The van der Waals surface area contributed by atoms with Crippen molar-refractivity contribution in [2.45, 2.75) is 57.0 Å². The first-order valence-corrected chi connectivity index (χ1v) is 7.85. The Bertz CT molecular complexity index is 359. The number of rotatable bonds is 6. The van der Waals surface area contributed by atoms with Gasteiger partial charge in [-0.05, 0) is 13.3 Å². The summed E-state index contributed by atoms with van der Waals surface area (Å²) in [6.07, 6.45) is -6.13. The smallest absolute Gasteiger partial charge is 0.319 e. The monoisotopic (exact) mass is 340 g/mol. The van der Waals surface area contributed by atoms with Gasteiger partial charge in [-0.15, -0.1) is 11.6 Å². The first-order valence-electron chi connectivity index (χ1n) is 7.31. The maximum atomic E-state index is 12.3. The lowest BCUT2D eigenvalue weighted by Crippen LogP contribution is -2.66. The molecule has 1 aliphatic rings. The Balaban J connectivity index is 2.98. The third-order valence-corrected chi connectivity index (χ3v) is 4.00. The van der Waals surface area contributed by atoms with Gasteiger partial charge in [-0.3, -0.25) is 4.90 Å². The van der Waals surface area contributed by atoms with E-state index in [1.165, 1.54) is 4.90 Å². The van der Waals surface area contributed by atoms with Crippen LogP contribution in [0.4, 0.5) is 4.79 Å². The lowest BCUT2D eigenvalue weighted by Gasteiger charge is -2.46. The number of hydrogen-bond acceptors (Lipinski definition) is 6. The molecule has 1 saturated heterocycles. The SMILES string of the molecule is CCC(C)N(C(=O)NCCCl)C1O[C@H](CO)[C@H](O)[C@H](O)[C@H]1O. The van der Waals surface area contributed by atoms with E-state index in [0.29, 0.717) is 6.42 Å². The third-order valence-electron chi connectivity index (χ3n) is 3.81. The summed E-state index contributed by atoms with van der Waals surface area (Å²) >= 11 is 5.55. The lowest BCUT2D eigenvalue weighted by atomic mass is 9.97. The standard InChI is InChI=1S/C13H25ClN2O6/c1-3-7(2)16(13(21)15-5-4-14)12-11(20)10(19)9(18)8(6-17)22-12/h7-12,17-20H,3-6H2,1-2H3,(H,15,21)/t7?,8-,9+,10+,11-,12?/m1/s1. The number of nitrogens with zero attached hydrogens (tertiary/aromatic N) is 1. The summed E-state index contributed by atoms with van der Waals surface area (Å²) in [6.45, 7) is 3.32. The summed E-state index contributed by atoms with van der Waals surface area (Å²) in [5.74, 6) is 0.231. The predicted molar refractivity (Wildman–Crippen MR) is 79.5 cm³/mol. The highest BCUT2D eigenvalue weighted by molar-refractivity contribution is 6.18. The minimum Gasteiger partial charge on any atom is -0.394 e. The Morgan fingerprint density at radius 2 is 1.95 bits per heavy atom. The van der Waals surface area contributed by atoms with Gasteiger partial charge in [0, 0.05) is 18.5 Å². The highest BCUT2D eigenvalue weighted by Gasteiger charge is 2.47. The summed E-state index contributed by atoms with van der Waals surface area (Å²) in [5.41, 5.74) is 0. The van der Waals surface area contributed by atoms with Crippen molar-refractivity contribution in [3.8, 4) is 0 Å². The van der Waals surface area contributed by atoms with E-state index in [4.69, 9.17) is 16.3 Å². The van der Waals surface area contributed by atoms with Gasteiger partial charge in [0.2, 0.25) is 0 Å². The minimum atomic E-state index is -1.52. The number of amides is 2. The zero-order chi connectivity index (χ0) is 16.9. The Hall–Kier alpha value is -0.640. The Kier molecular flexibility index (Phi) is 7.81. The largest absolute Gasteiger partial charge is 0.394 e. The van der Waals surface area contributed by atoms with Crippen LogP contribution in [0.25, 0.3) is 0 Å². The molecular formula is C13H25ClN2O6. The van der Waals surface area contributed by atoms with Gasteiger partial charge in [0.05, 0.1) is 6.61 Å². The quantitative estimate of drug-likeness (QED) is 0.389. The van der Waals surface area contributed by atoms with E-state index in [9.17, 15) is 25.2 Å². The van der Waals surface area contributed by atoms with Crippen LogP contribution >= 0.6 is 11.6 Å². The molecule has 9 heteroatoms. The molecule has 1 aliphatic heterocycles. The van der Waals surface area contributed by atoms with Gasteiger partial charge in [0.1, 0.15) is 24.4 Å². The topological polar surface area (TPSA) is 122 Å². The van der Waals surface area contributed by atoms with Crippen LogP contribution in [0.5, 0.6) is 0 Å². The van der Waals surface area contributed by atoms with E-state index in [-0.39, 0.29) is 18.5 Å². The van der Waals surface area contributed by atoms with Crippen molar-refractivity contribution < 1.29 is 30.0 Å². The minimum absolute atomic E-state index is 0.231. The molecule has 1 rings (SSSR count). The molecular weight excluding hydrogens is 316 g/mol. The maximum Gasteiger partial charge on any atom is 0.319 e. The molecule has 2 amide bonds. The van der Waals surface area contributed by atoms with E-state index < -0.39 is 43.3 Å². The van der Waals surface area contributed by atoms with Crippen molar-refractivity contribution in [1.29, 1.82) is 0 Å². The zero-order valence-corrected chi connectivity index (χ0v) is 13.5. The van der Waals surface area contributed by atoms with Gasteiger partial charge in [0.15, 0.2) is 6.23 Å². The van der Waals surface area contributed by atoms with Gasteiger partial charge >= 0.3 is 6.03 Å². The second-order valence-corrected chi connectivity index (χ2v) is 5.68. The van der Waals surface area contributed by atoms with Crippen molar-refractivity contribution in [3.63, 3.8) is 0 Å². The fourth-order valence-electron chi connectivity index (χ4n) is 2.32. The Labute approximate surface area is 134 Å². The lowest BCUT2D eigenvalue weighted by molar-refractivity contribution is -0.261.